The Kier molecular flexibility index (Phi) is 4.25. The van der Waals surface area contributed by atoms with Crippen molar-refractivity contribution < 1.29 is 22.8 Å². The molecule has 28 heavy (non-hydrogen) atoms. The summed E-state index contributed by atoms with van der Waals surface area (Å²) < 4.78 is 39.8. The number of hydrogen-bond donors (Lipinski definition) is 0. The summed E-state index contributed by atoms with van der Waals surface area (Å²) in [6.07, 6.45) is -2.02. The first-order chi connectivity index (χ1) is 13.3. The van der Waals surface area contributed by atoms with Gasteiger partial charge >= 0.3 is 6.18 Å². The van der Waals surface area contributed by atoms with Crippen molar-refractivity contribution >= 4 is 17.5 Å². The van der Waals surface area contributed by atoms with Crippen LogP contribution in [-0.4, -0.2) is 29.4 Å². The number of fused-ring (bicyclic) bond motifs is 2. The van der Waals surface area contributed by atoms with Crippen LogP contribution < -0.4 is 4.90 Å². The molecule has 144 valence electrons. The van der Waals surface area contributed by atoms with Gasteiger partial charge in [-0.25, -0.2) is 0 Å². The maximum atomic E-state index is 13.5. The van der Waals surface area contributed by atoms with E-state index in [9.17, 15) is 22.8 Å². The number of anilines is 1. The van der Waals surface area contributed by atoms with Crippen molar-refractivity contribution in [2.75, 3.05) is 11.4 Å². The molecule has 2 aromatic carbocycles. The molecule has 0 saturated heterocycles. The maximum absolute atomic E-state index is 13.5. The van der Waals surface area contributed by atoms with Crippen LogP contribution in [0.4, 0.5) is 18.9 Å². The zero-order valence-corrected chi connectivity index (χ0v) is 14.8. The van der Waals surface area contributed by atoms with Crippen molar-refractivity contribution in [3.05, 3.63) is 77.9 Å². The van der Waals surface area contributed by atoms with E-state index in [0.717, 1.165) is 11.6 Å². The fraction of sp³-hybridized carbons (Fsp3) is 0.238. The lowest BCUT2D eigenvalue weighted by Gasteiger charge is -2.41. The van der Waals surface area contributed by atoms with E-state index in [-0.39, 0.29) is 13.0 Å². The number of carbonyl (C=O) groups is 2. The molecule has 0 saturated carbocycles. The van der Waals surface area contributed by atoms with Crippen molar-refractivity contribution in [2.45, 2.75) is 24.7 Å². The van der Waals surface area contributed by atoms with Crippen molar-refractivity contribution in [1.29, 1.82) is 0 Å². The smallest absolute Gasteiger partial charge is 0.311 e. The Morgan fingerprint density at radius 2 is 1.64 bits per heavy atom. The summed E-state index contributed by atoms with van der Waals surface area (Å²) in [6.45, 7) is -1.26. The Bertz CT molecular complexity index is 956. The SMILES string of the molecule is O=C1C=CCC2(C(=O)N(Cc3ccccc3)c3ccccc32)N1CC(F)(F)F. The van der Waals surface area contributed by atoms with Crippen LogP contribution in [-0.2, 0) is 21.7 Å². The summed E-state index contributed by atoms with van der Waals surface area (Å²) in [5, 5.41) is 0. The van der Waals surface area contributed by atoms with Gasteiger partial charge in [-0.2, -0.15) is 13.2 Å². The molecule has 0 radical (unpaired) electrons. The Balaban J connectivity index is 1.83. The van der Waals surface area contributed by atoms with Crippen LogP contribution in [0.1, 0.15) is 17.5 Å². The number of alkyl halides is 3. The van der Waals surface area contributed by atoms with Gasteiger partial charge in [-0.3, -0.25) is 9.59 Å². The van der Waals surface area contributed by atoms with E-state index in [1.165, 1.54) is 11.0 Å². The predicted octanol–water partition coefficient (Wildman–Crippen LogP) is 3.78. The van der Waals surface area contributed by atoms with Gasteiger partial charge in [-0.05, 0) is 17.7 Å². The molecule has 0 fully saturated rings. The van der Waals surface area contributed by atoms with Gasteiger partial charge in [0.15, 0.2) is 5.54 Å². The number of hydrogen-bond acceptors (Lipinski definition) is 2. The van der Waals surface area contributed by atoms with Crippen LogP contribution >= 0.6 is 0 Å². The molecule has 7 heteroatoms. The normalized spacial score (nSPS) is 21.5. The molecule has 4 nitrogen and oxygen atoms in total. The Labute approximate surface area is 159 Å². The quantitative estimate of drug-likeness (QED) is 0.806. The summed E-state index contributed by atoms with van der Waals surface area (Å²) in [4.78, 5) is 28.1. The van der Waals surface area contributed by atoms with Crippen LogP contribution in [0.2, 0.25) is 0 Å². The number of benzene rings is 2. The van der Waals surface area contributed by atoms with Crippen LogP contribution in [0.15, 0.2) is 66.7 Å². The van der Waals surface area contributed by atoms with E-state index in [2.05, 4.69) is 0 Å². The number of carbonyl (C=O) groups excluding carboxylic acids is 2. The van der Waals surface area contributed by atoms with Crippen molar-refractivity contribution in [2.24, 2.45) is 0 Å². The molecule has 2 aromatic rings. The van der Waals surface area contributed by atoms with E-state index < -0.39 is 30.1 Å². The highest BCUT2D eigenvalue weighted by atomic mass is 19.4. The zero-order chi connectivity index (χ0) is 19.9. The molecule has 0 aliphatic carbocycles. The van der Waals surface area contributed by atoms with Gasteiger partial charge in [-0.1, -0.05) is 54.6 Å². The van der Waals surface area contributed by atoms with Gasteiger partial charge in [0.05, 0.1) is 12.2 Å². The van der Waals surface area contributed by atoms with Crippen molar-refractivity contribution in [3.8, 4) is 0 Å². The standard InChI is InChI=1S/C21H17F3N2O2/c22-21(23,24)14-26-18(27)11-6-12-20(26)16-9-4-5-10-17(16)25(19(20)28)13-15-7-2-1-3-8-15/h1-11H,12-14H2. The molecule has 2 aliphatic heterocycles. The third kappa shape index (κ3) is 2.87. The highest BCUT2D eigenvalue weighted by molar-refractivity contribution is 6.11. The lowest BCUT2D eigenvalue weighted by atomic mass is 9.83. The Morgan fingerprint density at radius 3 is 2.36 bits per heavy atom. The Morgan fingerprint density at radius 1 is 0.964 bits per heavy atom. The first kappa shape index (κ1) is 18.3. The molecule has 1 unspecified atom stereocenters. The van der Waals surface area contributed by atoms with E-state index in [4.69, 9.17) is 0 Å². The van der Waals surface area contributed by atoms with E-state index in [0.29, 0.717) is 16.2 Å². The predicted molar refractivity (Wildman–Crippen MR) is 97.3 cm³/mol. The minimum atomic E-state index is -4.62. The summed E-state index contributed by atoms with van der Waals surface area (Å²) in [6, 6.07) is 16.0. The van der Waals surface area contributed by atoms with Crippen LogP contribution in [0, 0.1) is 0 Å². The van der Waals surface area contributed by atoms with Gasteiger partial charge in [0, 0.05) is 12.0 Å². The Hall–Kier alpha value is -3.09. The zero-order valence-electron chi connectivity index (χ0n) is 14.8. The summed E-state index contributed by atoms with van der Waals surface area (Å²) in [7, 11) is 0. The summed E-state index contributed by atoms with van der Waals surface area (Å²) in [5.41, 5.74) is 0.138. The number of halogens is 3. The monoisotopic (exact) mass is 386 g/mol. The average molecular weight is 386 g/mol. The number of nitrogens with zero attached hydrogens (tertiary/aromatic N) is 2. The number of rotatable bonds is 3. The molecular weight excluding hydrogens is 369 g/mol. The third-order valence-corrected chi connectivity index (χ3v) is 5.16. The highest BCUT2D eigenvalue weighted by Crippen LogP contribution is 2.49. The topological polar surface area (TPSA) is 40.6 Å². The first-order valence-electron chi connectivity index (χ1n) is 8.83. The molecule has 0 bridgehead atoms. The molecular formula is C21H17F3N2O2. The first-order valence-corrected chi connectivity index (χ1v) is 8.83. The van der Waals surface area contributed by atoms with Crippen molar-refractivity contribution in [3.63, 3.8) is 0 Å². The molecule has 0 N–H and O–H groups in total. The van der Waals surface area contributed by atoms with Gasteiger partial charge in [0.25, 0.3) is 5.91 Å². The van der Waals surface area contributed by atoms with E-state index in [1.807, 2.05) is 30.3 Å². The van der Waals surface area contributed by atoms with Gasteiger partial charge in [0.2, 0.25) is 5.91 Å². The van der Waals surface area contributed by atoms with E-state index >= 15 is 0 Å². The minimum absolute atomic E-state index is 0.00988. The van der Waals surface area contributed by atoms with Crippen LogP contribution in [0.25, 0.3) is 0 Å². The van der Waals surface area contributed by atoms with Gasteiger partial charge in [0.1, 0.15) is 6.54 Å². The molecule has 2 heterocycles. The van der Waals surface area contributed by atoms with Crippen LogP contribution in [0.5, 0.6) is 0 Å². The lowest BCUT2D eigenvalue weighted by molar-refractivity contribution is -0.174. The second-order valence-corrected chi connectivity index (χ2v) is 6.90. The summed E-state index contributed by atoms with van der Waals surface area (Å²) in [5.74, 6) is -1.33. The minimum Gasteiger partial charge on any atom is -0.311 e. The second-order valence-electron chi connectivity index (χ2n) is 6.90. The van der Waals surface area contributed by atoms with Gasteiger partial charge in [-0.15, -0.1) is 0 Å². The molecule has 0 aromatic heterocycles. The summed E-state index contributed by atoms with van der Waals surface area (Å²) >= 11 is 0. The van der Waals surface area contributed by atoms with Crippen LogP contribution in [0.3, 0.4) is 0 Å². The van der Waals surface area contributed by atoms with Crippen molar-refractivity contribution in [1.82, 2.24) is 4.90 Å². The lowest BCUT2D eigenvalue weighted by Crippen LogP contribution is -2.58. The molecule has 1 atom stereocenters. The van der Waals surface area contributed by atoms with E-state index in [1.54, 1.807) is 24.3 Å². The fourth-order valence-electron chi connectivity index (χ4n) is 4.00. The molecule has 1 spiro atoms. The third-order valence-electron chi connectivity index (χ3n) is 5.16. The van der Waals surface area contributed by atoms with Gasteiger partial charge < -0.3 is 9.80 Å². The number of amides is 2. The highest BCUT2D eigenvalue weighted by Gasteiger charge is 2.58. The second kappa shape index (κ2) is 6.51. The largest absolute Gasteiger partial charge is 0.406 e. The molecule has 2 amide bonds. The number of para-hydroxylation sites is 1. The molecule has 4 rings (SSSR count). The fourth-order valence-corrected chi connectivity index (χ4v) is 4.00. The average Bonchev–Trinajstić information content (AvgIpc) is 2.89. The molecule has 2 aliphatic rings. The maximum Gasteiger partial charge on any atom is 0.406 e.